The molecular formula is C27H26FN7O3. The van der Waals surface area contributed by atoms with E-state index in [4.69, 9.17) is 0 Å². The molecule has 1 atom stereocenters. The molecule has 0 bridgehead atoms. The topological polar surface area (TPSA) is 135 Å². The molecule has 0 unspecified atom stereocenters. The summed E-state index contributed by atoms with van der Waals surface area (Å²) in [6, 6.07) is 11.6. The quantitative estimate of drug-likeness (QED) is 0.346. The molecule has 0 aliphatic heterocycles. The Balaban J connectivity index is 1.24. The molecule has 0 saturated heterocycles. The van der Waals surface area contributed by atoms with Gasteiger partial charge >= 0.3 is 5.69 Å². The third-order valence-corrected chi connectivity index (χ3v) is 6.65. The van der Waals surface area contributed by atoms with Crippen LogP contribution in [0.2, 0.25) is 0 Å². The highest BCUT2D eigenvalue weighted by atomic mass is 19.1. The Morgan fingerprint density at radius 2 is 1.89 bits per heavy atom. The molecule has 10 nitrogen and oxygen atoms in total. The van der Waals surface area contributed by atoms with Gasteiger partial charge in [-0.05, 0) is 53.6 Å². The number of amides is 2. The molecule has 0 fully saturated rings. The summed E-state index contributed by atoms with van der Waals surface area (Å²) in [5.74, 6) is -0.660. The summed E-state index contributed by atoms with van der Waals surface area (Å²) in [7, 11) is 1.58. The summed E-state index contributed by atoms with van der Waals surface area (Å²) in [5.41, 5.74) is 4.04. The van der Waals surface area contributed by atoms with E-state index in [9.17, 15) is 18.8 Å². The molecule has 11 heteroatoms. The van der Waals surface area contributed by atoms with Crippen LogP contribution in [0.4, 0.5) is 4.39 Å². The number of hydrogen-bond acceptors (Lipinski definition) is 6. The maximum Gasteiger partial charge on any atom is 0.343 e. The first-order valence-electron chi connectivity index (χ1n) is 12.3. The molecule has 38 heavy (non-hydrogen) atoms. The Hall–Kier alpha value is -4.67. The van der Waals surface area contributed by atoms with Crippen LogP contribution in [0.1, 0.15) is 62.6 Å². The van der Waals surface area contributed by atoms with E-state index in [0.717, 1.165) is 28.7 Å². The summed E-state index contributed by atoms with van der Waals surface area (Å²) < 4.78 is 15.0. The van der Waals surface area contributed by atoms with Crippen molar-refractivity contribution in [2.24, 2.45) is 7.05 Å². The van der Waals surface area contributed by atoms with Gasteiger partial charge in [-0.25, -0.2) is 23.8 Å². The van der Waals surface area contributed by atoms with Gasteiger partial charge in [0.05, 0.1) is 6.04 Å². The van der Waals surface area contributed by atoms with Gasteiger partial charge in [0.25, 0.3) is 11.8 Å². The molecular weight excluding hydrogens is 489 g/mol. The summed E-state index contributed by atoms with van der Waals surface area (Å²) >= 11 is 0. The molecule has 0 spiro atoms. The van der Waals surface area contributed by atoms with Crippen LogP contribution in [0.5, 0.6) is 0 Å². The lowest BCUT2D eigenvalue weighted by atomic mass is 10.0. The molecule has 2 amide bonds. The maximum atomic E-state index is 13.7. The van der Waals surface area contributed by atoms with Gasteiger partial charge in [-0.15, -0.1) is 0 Å². The van der Waals surface area contributed by atoms with Crippen LogP contribution in [-0.4, -0.2) is 36.5 Å². The summed E-state index contributed by atoms with van der Waals surface area (Å²) in [4.78, 5) is 48.1. The van der Waals surface area contributed by atoms with Crippen LogP contribution < -0.4 is 16.3 Å². The fraction of sp³-hybridized carbons (Fsp3) is 0.259. The normalized spacial score (nSPS) is 14.2. The van der Waals surface area contributed by atoms with E-state index < -0.39 is 11.8 Å². The first-order valence-corrected chi connectivity index (χ1v) is 12.3. The summed E-state index contributed by atoms with van der Waals surface area (Å²) in [5, 5.41) is 9.94. The molecule has 2 aromatic heterocycles. The van der Waals surface area contributed by atoms with E-state index in [2.05, 4.69) is 30.7 Å². The van der Waals surface area contributed by atoms with Gasteiger partial charge in [-0.2, -0.15) is 5.10 Å². The minimum atomic E-state index is -0.463. The smallest absolute Gasteiger partial charge is 0.343 e. The number of aryl methyl sites for hydroxylation is 3. The second kappa shape index (κ2) is 10.4. The zero-order chi connectivity index (χ0) is 26.8. The fourth-order valence-corrected chi connectivity index (χ4v) is 4.57. The SMILES string of the molecule is CCc1cc(CNC(=O)c2cc(C(=O)N[C@H]3CCc4cc(-c5nn(C)c(=O)[nH]5)ccc43)ncn2)ccc1F. The van der Waals surface area contributed by atoms with Gasteiger partial charge in [0.15, 0.2) is 5.82 Å². The number of benzene rings is 2. The molecule has 3 N–H and O–H groups in total. The molecule has 2 heterocycles. The van der Waals surface area contributed by atoms with E-state index in [1.807, 2.05) is 25.1 Å². The number of nitrogens with zero attached hydrogens (tertiary/aromatic N) is 4. The van der Waals surface area contributed by atoms with Crippen molar-refractivity contribution in [2.75, 3.05) is 0 Å². The number of carbonyl (C=O) groups excluding carboxylic acids is 2. The van der Waals surface area contributed by atoms with Crippen molar-refractivity contribution < 1.29 is 14.0 Å². The molecule has 0 saturated carbocycles. The second-order valence-electron chi connectivity index (χ2n) is 9.13. The van der Waals surface area contributed by atoms with Gasteiger partial charge in [-0.3, -0.25) is 14.6 Å². The monoisotopic (exact) mass is 515 g/mol. The number of hydrogen-bond donors (Lipinski definition) is 3. The second-order valence-corrected chi connectivity index (χ2v) is 9.13. The predicted molar refractivity (Wildman–Crippen MR) is 137 cm³/mol. The highest BCUT2D eigenvalue weighted by Crippen LogP contribution is 2.33. The minimum absolute atomic E-state index is 0.0591. The number of rotatable bonds is 7. The van der Waals surface area contributed by atoms with Crippen LogP contribution >= 0.6 is 0 Å². The van der Waals surface area contributed by atoms with Gasteiger partial charge in [0.2, 0.25) is 0 Å². The highest BCUT2D eigenvalue weighted by molar-refractivity contribution is 5.97. The van der Waals surface area contributed by atoms with Crippen molar-refractivity contribution in [2.45, 2.75) is 38.8 Å². The Labute approximate surface area is 217 Å². The molecule has 194 valence electrons. The Morgan fingerprint density at radius 3 is 2.63 bits per heavy atom. The molecule has 4 aromatic rings. The van der Waals surface area contributed by atoms with Crippen LogP contribution in [0, 0.1) is 5.82 Å². The standard InChI is InChI=1S/C27H26FN7O3/c1-3-16-10-15(4-8-20(16)28)13-29-25(36)22-12-23(31-14-30-22)26(37)32-21-9-6-17-11-18(5-7-19(17)21)24-33-27(38)35(2)34-24/h4-5,7-8,10-12,14,21H,3,6,9,13H2,1-2H3,(H,29,36)(H,32,37)(H,33,34,38)/t21-/m0/s1. The van der Waals surface area contributed by atoms with E-state index in [1.165, 1.54) is 23.1 Å². The van der Waals surface area contributed by atoms with E-state index in [-0.39, 0.29) is 35.5 Å². The average Bonchev–Trinajstić information content (AvgIpc) is 3.49. The zero-order valence-electron chi connectivity index (χ0n) is 20.9. The molecule has 5 rings (SSSR count). The highest BCUT2D eigenvalue weighted by Gasteiger charge is 2.26. The summed E-state index contributed by atoms with van der Waals surface area (Å²) in [6.07, 6.45) is 3.19. The molecule has 1 aliphatic rings. The van der Waals surface area contributed by atoms with Crippen molar-refractivity contribution in [1.82, 2.24) is 35.4 Å². The van der Waals surface area contributed by atoms with E-state index in [1.54, 1.807) is 19.2 Å². The number of H-pyrrole nitrogens is 1. The van der Waals surface area contributed by atoms with Crippen LogP contribution in [0.25, 0.3) is 11.4 Å². The minimum Gasteiger partial charge on any atom is -0.347 e. The number of carbonyl (C=O) groups is 2. The largest absolute Gasteiger partial charge is 0.347 e. The van der Waals surface area contributed by atoms with Gasteiger partial charge in [-0.1, -0.05) is 31.2 Å². The number of fused-ring (bicyclic) bond motifs is 1. The zero-order valence-corrected chi connectivity index (χ0v) is 20.9. The van der Waals surface area contributed by atoms with Gasteiger partial charge in [0, 0.05) is 25.2 Å². The molecule has 0 radical (unpaired) electrons. The van der Waals surface area contributed by atoms with Crippen LogP contribution in [0.15, 0.2) is 53.6 Å². The first-order chi connectivity index (χ1) is 18.3. The van der Waals surface area contributed by atoms with Crippen molar-refractivity contribution in [3.05, 3.63) is 98.7 Å². The lowest BCUT2D eigenvalue weighted by Crippen LogP contribution is -2.29. The lowest BCUT2D eigenvalue weighted by Gasteiger charge is -2.14. The van der Waals surface area contributed by atoms with Gasteiger partial charge in [0.1, 0.15) is 23.5 Å². The number of nitrogens with one attached hydrogen (secondary N) is 3. The first kappa shape index (κ1) is 25.0. The van der Waals surface area contributed by atoms with Crippen molar-refractivity contribution in [1.29, 1.82) is 0 Å². The average molecular weight is 516 g/mol. The van der Waals surface area contributed by atoms with E-state index in [0.29, 0.717) is 24.2 Å². The van der Waals surface area contributed by atoms with Crippen molar-refractivity contribution in [3.8, 4) is 11.4 Å². The third-order valence-electron chi connectivity index (χ3n) is 6.65. The fourth-order valence-electron chi connectivity index (χ4n) is 4.57. The van der Waals surface area contributed by atoms with Crippen LogP contribution in [-0.2, 0) is 26.4 Å². The Morgan fingerprint density at radius 1 is 1.11 bits per heavy atom. The Kier molecular flexibility index (Phi) is 6.82. The maximum absolute atomic E-state index is 13.7. The lowest BCUT2D eigenvalue weighted by molar-refractivity contribution is 0.0931. The Bertz CT molecular complexity index is 1590. The van der Waals surface area contributed by atoms with Crippen LogP contribution in [0.3, 0.4) is 0 Å². The van der Waals surface area contributed by atoms with Crippen molar-refractivity contribution >= 4 is 11.8 Å². The third kappa shape index (κ3) is 5.08. The van der Waals surface area contributed by atoms with Gasteiger partial charge < -0.3 is 10.6 Å². The number of aromatic amines is 1. The number of aromatic nitrogens is 5. The summed E-state index contributed by atoms with van der Waals surface area (Å²) in [6.45, 7) is 2.06. The van der Waals surface area contributed by atoms with Crippen molar-refractivity contribution in [3.63, 3.8) is 0 Å². The van der Waals surface area contributed by atoms with E-state index >= 15 is 0 Å². The number of halogens is 1. The molecule has 1 aliphatic carbocycles. The molecule has 2 aromatic carbocycles. The predicted octanol–water partition coefficient (Wildman–Crippen LogP) is 2.61.